The summed E-state index contributed by atoms with van der Waals surface area (Å²) < 4.78 is 0. The molecule has 0 unspecified atom stereocenters. The van der Waals surface area contributed by atoms with Gasteiger partial charge in [-0.05, 0) is 24.8 Å². The molecule has 0 bridgehead atoms. The SMILES string of the molecule is O=C=NC(=O)CCCCc1ccccc1. The van der Waals surface area contributed by atoms with E-state index in [0.29, 0.717) is 6.42 Å². The number of hydrogen-bond acceptors (Lipinski definition) is 2. The maximum absolute atomic E-state index is 10.8. The number of aliphatic imine (C=N–C) groups is 1. The van der Waals surface area contributed by atoms with E-state index in [-0.39, 0.29) is 5.91 Å². The molecule has 3 nitrogen and oxygen atoms in total. The third-order valence-corrected chi connectivity index (χ3v) is 2.12. The van der Waals surface area contributed by atoms with Gasteiger partial charge >= 0.3 is 0 Å². The zero-order chi connectivity index (χ0) is 10.9. The molecule has 0 aromatic heterocycles. The third kappa shape index (κ3) is 4.89. The van der Waals surface area contributed by atoms with E-state index in [1.165, 1.54) is 11.6 Å². The van der Waals surface area contributed by atoms with E-state index in [1.54, 1.807) is 0 Å². The Bertz CT molecular complexity index is 353. The minimum Gasteiger partial charge on any atom is -0.272 e. The summed E-state index contributed by atoms with van der Waals surface area (Å²) in [6, 6.07) is 10.1. The van der Waals surface area contributed by atoms with Crippen molar-refractivity contribution in [3.8, 4) is 0 Å². The molecule has 0 spiro atoms. The lowest BCUT2D eigenvalue weighted by atomic mass is 10.1. The van der Waals surface area contributed by atoms with E-state index in [1.807, 2.05) is 18.2 Å². The maximum Gasteiger partial charge on any atom is 0.256 e. The molecule has 0 saturated heterocycles. The van der Waals surface area contributed by atoms with Crippen LogP contribution < -0.4 is 0 Å². The highest BCUT2D eigenvalue weighted by atomic mass is 16.2. The lowest BCUT2D eigenvalue weighted by Crippen LogP contribution is -1.93. The molecule has 3 heteroatoms. The molecule has 1 rings (SSSR count). The average molecular weight is 203 g/mol. The van der Waals surface area contributed by atoms with Gasteiger partial charge in [-0.2, -0.15) is 0 Å². The lowest BCUT2D eigenvalue weighted by Gasteiger charge is -1.99. The minimum atomic E-state index is -0.377. The first-order chi connectivity index (χ1) is 7.33. The Morgan fingerprint density at radius 2 is 1.93 bits per heavy atom. The van der Waals surface area contributed by atoms with E-state index in [9.17, 15) is 9.59 Å². The van der Waals surface area contributed by atoms with Crippen LogP contribution in [-0.4, -0.2) is 12.0 Å². The van der Waals surface area contributed by atoms with Gasteiger partial charge in [-0.3, -0.25) is 4.79 Å². The molecule has 0 heterocycles. The summed E-state index contributed by atoms with van der Waals surface area (Å²) in [5.74, 6) is -0.377. The van der Waals surface area contributed by atoms with Crippen molar-refractivity contribution in [2.45, 2.75) is 25.7 Å². The summed E-state index contributed by atoms with van der Waals surface area (Å²) in [4.78, 5) is 23.6. The van der Waals surface area contributed by atoms with Crippen LogP contribution in [0.4, 0.5) is 0 Å². The van der Waals surface area contributed by atoms with Gasteiger partial charge in [0.25, 0.3) is 5.91 Å². The molecule has 15 heavy (non-hydrogen) atoms. The van der Waals surface area contributed by atoms with Crippen LogP contribution in [0.15, 0.2) is 35.3 Å². The van der Waals surface area contributed by atoms with Crippen molar-refractivity contribution in [2.24, 2.45) is 4.99 Å². The van der Waals surface area contributed by atoms with Gasteiger partial charge in [0.15, 0.2) is 0 Å². The van der Waals surface area contributed by atoms with Crippen LogP contribution in [0.25, 0.3) is 0 Å². The third-order valence-electron chi connectivity index (χ3n) is 2.12. The summed E-state index contributed by atoms with van der Waals surface area (Å²) in [6.45, 7) is 0. The molecule has 0 atom stereocenters. The Labute approximate surface area is 88.8 Å². The van der Waals surface area contributed by atoms with E-state index in [4.69, 9.17) is 0 Å². The Kier molecular flexibility index (Phi) is 5.06. The number of benzene rings is 1. The van der Waals surface area contributed by atoms with Gasteiger partial charge < -0.3 is 0 Å². The van der Waals surface area contributed by atoms with Gasteiger partial charge in [0.05, 0.1) is 0 Å². The first-order valence-corrected chi connectivity index (χ1v) is 4.97. The number of hydrogen-bond donors (Lipinski definition) is 0. The summed E-state index contributed by atoms with van der Waals surface area (Å²) in [5, 5.41) is 0. The molecule has 0 aliphatic carbocycles. The molecule has 0 aliphatic rings. The average Bonchev–Trinajstić information content (AvgIpc) is 2.26. The van der Waals surface area contributed by atoms with E-state index in [2.05, 4.69) is 17.1 Å². The van der Waals surface area contributed by atoms with Crippen molar-refractivity contribution in [3.63, 3.8) is 0 Å². The quantitative estimate of drug-likeness (QED) is 0.418. The topological polar surface area (TPSA) is 46.5 Å². The van der Waals surface area contributed by atoms with E-state index >= 15 is 0 Å². The van der Waals surface area contributed by atoms with Gasteiger partial charge in [0.2, 0.25) is 6.08 Å². The second kappa shape index (κ2) is 6.68. The first kappa shape index (κ1) is 11.3. The molecule has 0 aliphatic heterocycles. The van der Waals surface area contributed by atoms with Crippen LogP contribution in [0.3, 0.4) is 0 Å². The lowest BCUT2D eigenvalue weighted by molar-refractivity contribution is -0.117. The zero-order valence-electron chi connectivity index (χ0n) is 8.48. The number of unbranched alkanes of at least 4 members (excludes halogenated alkanes) is 1. The van der Waals surface area contributed by atoms with Gasteiger partial charge in [0, 0.05) is 6.42 Å². The molecule has 1 aromatic carbocycles. The highest BCUT2D eigenvalue weighted by molar-refractivity contribution is 5.81. The van der Waals surface area contributed by atoms with Crippen molar-refractivity contribution < 1.29 is 9.59 Å². The highest BCUT2D eigenvalue weighted by Crippen LogP contribution is 2.06. The monoisotopic (exact) mass is 203 g/mol. The first-order valence-electron chi connectivity index (χ1n) is 4.97. The van der Waals surface area contributed by atoms with Crippen LogP contribution in [-0.2, 0) is 16.0 Å². The van der Waals surface area contributed by atoms with Crippen molar-refractivity contribution in [1.82, 2.24) is 0 Å². The molecular weight excluding hydrogens is 190 g/mol. The van der Waals surface area contributed by atoms with Crippen LogP contribution in [0.1, 0.15) is 24.8 Å². The fourth-order valence-corrected chi connectivity index (χ4v) is 1.36. The van der Waals surface area contributed by atoms with E-state index in [0.717, 1.165) is 19.3 Å². The zero-order valence-corrected chi connectivity index (χ0v) is 8.48. The fourth-order valence-electron chi connectivity index (χ4n) is 1.36. The predicted molar refractivity (Wildman–Crippen MR) is 57.1 cm³/mol. The van der Waals surface area contributed by atoms with Crippen molar-refractivity contribution in [2.75, 3.05) is 0 Å². The van der Waals surface area contributed by atoms with Crippen LogP contribution in [0.2, 0.25) is 0 Å². The Balaban J connectivity index is 2.17. The summed E-state index contributed by atoms with van der Waals surface area (Å²) >= 11 is 0. The Morgan fingerprint density at radius 1 is 1.20 bits per heavy atom. The molecule has 1 amide bonds. The largest absolute Gasteiger partial charge is 0.272 e. The molecule has 0 saturated carbocycles. The number of rotatable bonds is 5. The predicted octanol–water partition coefficient (Wildman–Crippen LogP) is 2.26. The number of nitrogens with zero attached hydrogens (tertiary/aromatic N) is 1. The molecule has 1 aromatic rings. The van der Waals surface area contributed by atoms with E-state index < -0.39 is 0 Å². The van der Waals surface area contributed by atoms with Gasteiger partial charge in [-0.15, -0.1) is 4.99 Å². The summed E-state index contributed by atoms with van der Waals surface area (Å²) in [6.07, 6.45) is 4.24. The number of carbonyl (C=O) groups excluding carboxylic acids is 2. The Morgan fingerprint density at radius 3 is 2.60 bits per heavy atom. The number of aryl methyl sites for hydroxylation is 1. The summed E-state index contributed by atoms with van der Waals surface area (Å²) in [7, 11) is 0. The molecule has 0 radical (unpaired) electrons. The van der Waals surface area contributed by atoms with Gasteiger partial charge in [-0.25, -0.2) is 4.79 Å². The van der Waals surface area contributed by atoms with Gasteiger partial charge in [-0.1, -0.05) is 30.3 Å². The highest BCUT2D eigenvalue weighted by Gasteiger charge is 1.98. The second-order valence-corrected chi connectivity index (χ2v) is 3.29. The molecule has 0 N–H and O–H groups in total. The maximum atomic E-state index is 10.8. The number of carbonyl (C=O) groups is 1. The number of amides is 1. The van der Waals surface area contributed by atoms with Crippen LogP contribution >= 0.6 is 0 Å². The minimum absolute atomic E-state index is 0.335. The van der Waals surface area contributed by atoms with Crippen molar-refractivity contribution in [3.05, 3.63) is 35.9 Å². The fraction of sp³-hybridized carbons (Fsp3) is 0.333. The standard InChI is InChI=1S/C12H13NO2/c14-10-13-12(15)9-5-4-8-11-6-2-1-3-7-11/h1-3,6-7H,4-5,8-9H2. The van der Waals surface area contributed by atoms with Gasteiger partial charge in [0.1, 0.15) is 0 Å². The van der Waals surface area contributed by atoms with Crippen molar-refractivity contribution >= 4 is 12.0 Å². The normalized spacial score (nSPS) is 9.33. The Hall–Kier alpha value is -1.73. The molecule has 0 fully saturated rings. The smallest absolute Gasteiger partial charge is 0.256 e. The van der Waals surface area contributed by atoms with Crippen molar-refractivity contribution in [1.29, 1.82) is 0 Å². The molecular formula is C12H13NO2. The van der Waals surface area contributed by atoms with Crippen LogP contribution in [0.5, 0.6) is 0 Å². The molecule has 78 valence electrons. The van der Waals surface area contributed by atoms with Crippen LogP contribution in [0, 0.1) is 0 Å². The summed E-state index contributed by atoms with van der Waals surface area (Å²) in [5.41, 5.74) is 1.27. The second-order valence-electron chi connectivity index (χ2n) is 3.29. The number of isocyanates is 1.